The summed E-state index contributed by atoms with van der Waals surface area (Å²) in [5.41, 5.74) is 0. The van der Waals surface area contributed by atoms with Crippen molar-refractivity contribution in [3.8, 4) is 6.07 Å². The normalized spacial score (nSPS) is 9.31. The van der Waals surface area contributed by atoms with Gasteiger partial charge in [0.25, 0.3) is 0 Å². The second-order valence-electron chi connectivity index (χ2n) is 2.72. The first-order valence-electron chi connectivity index (χ1n) is 4.46. The standard InChI is InChI=1S/C9H16N2S2/c1-3-4-7-11(8-5-6-10)9(12)13-2/h3-5,7-8H2,1-2H3. The lowest BCUT2D eigenvalue weighted by atomic mass is 10.3. The quantitative estimate of drug-likeness (QED) is 0.660. The number of hydrogen-bond acceptors (Lipinski definition) is 3. The highest BCUT2D eigenvalue weighted by Gasteiger charge is 2.06. The van der Waals surface area contributed by atoms with E-state index in [-0.39, 0.29) is 0 Å². The molecule has 0 aliphatic heterocycles. The Balaban J connectivity index is 3.88. The molecule has 0 spiro atoms. The highest BCUT2D eigenvalue weighted by atomic mass is 32.2. The van der Waals surface area contributed by atoms with Gasteiger partial charge in [-0.1, -0.05) is 25.6 Å². The number of thioether (sulfide) groups is 1. The number of thiocarbonyl (C=S) groups is 1. The molecule has 0 aliphatic carbocycles. The minimum atomic E-state index is 0.560. The number of nitrogens with zero attached hydrogens (tertiary/aromatic N) is 2. The van der Waals surface area contributed by atoms with Crippen LogP contribution in [0.5, 0.6) is 0 Å². The number of nitriles is 1. The molecule has 0 aromatic heterocycles. The van der Waals surface area contributed by atoms with E-state index in [0.29, 0.717) is 6.42 Å². The van der Waals surface area contributed by atoms with Crippen LogP contribution in [-0.2, 0) is 0 Å². The van der Waals surface area contributed by atoms with Crippen LogP contribution in [0.3, 0.4) is 0 Å². The van der Waals surface area contributed by atoms with E-state index in [0.717, 1.165) is 23.8 Å². The number of unbranched alkanes of at least 4 members (excludes halogenated alkanes) is 1. The Morgan fingerprint density at radius 3 is 2.69 bits per heavy atom. The van der Waals surface area contributed by atoms with Crippen molar-refractivity contribution in [1.82, 2.24) is 4.90 Å². The van der Waals surface area contributed by atoms with Gasteiger partial charge in [-0.25, -0.2) is 0 Å². The lowest BCUT2D eigenvalue weighted by Crippen LogP contribution is -2.29. The summed E-state index contributed by atoms with van der Waals surface area (Å²) in [6.07, 6.45) is 4.85. The average molecular weight is 216 g/mol. The molecule has 0 bridgehead atoms. The van der Waals surface area contributed by atoms with E-state index < -0.39 is 0 Å². The summed E-state index contributed by atoms with van der Waals surface area (Å²) in [6, 6.07) is 2.14. The molecule has 0 rings (SSSR count). The molecule has 4 heteroatoms. The summed E-state index contributed by atoms with van der Waals surface area (Å²) in [4.78, 5) is 2.12. The fourth-order valence-electron chi connectivity index (χ4n) is 0.957. The molecule has 0 aromatic carbocycles. The fourth-order valence-corrected chi connectivity index (χ4v) is 1.58. The van der Waals surface area contributed by atoms with E-state index in [4.69, 9.17) is 17.5 Å². The first kappa shape index (κ1) is 12.7. The summed E-state index contributed by atoms with van der Waals surface area (Å²) in [7, 11) is 0. The lowest BCUT2D eigenvalue weighted by Gasteiger charge is -2.22. The summed E-state index contributed by atoms with van der Waals surface area (Å²) in [5.74, 6) is 0. The first-order valence-corrected chi connectivity index (χ1v) is 6.09. The maximum atomic E-state index is 8.47. The molecule has 0 amide bonds. The Bertz CT molecular complexity index is 187. The highest BCUT2D eigenvalue weighted by molar-refractivity contribution is 8.22. The largest absolute Gasteiger partial charge is 0.357 e. The first-order chi connectivity index (χ1) is 6.26. The van der Waals surface area contributed by atoms with E-state index >= 15 is 0 Å². The third-order valence-electron chi connectivity index (χ3n) is 1.71. The number of rotatable bonds is 5. The van der Waals surface area contributed by atoms with Crippen LogP contribution in [-0.4, -0.2) is 28.6 Å². The minimum Gasteiger partial charge on any atom is -0.357 e. The van der Waals surface area contributed by atoms with Gasteiger partial charge in [0.15, 0.2) is 0 Å². The molecule has 13 heavy (non-hydrogen) atoms. The zero-order valence-corrected chi connectivity index (χ0v) is 9.88. The van der Waals surface area contributed by atoms with Crippen molar-refractivity contribution < 1.29 is 0 Å². The van der Waals surface area contributed by atoms with Crippen LogP contribution in [0.15, 0.2) is 0 Å². The molecule has 0 aliphatic rings. The molecular formula is C9H16N2S2. The Labute approximate surface area is 90.3 Å². The molecular weight excluding hydrogens is 200 g/mol. The van der Waals surface area contributed by atoms with Crippen molar-refractivity contribution in [2.75, 3.05) is 19.3 Å². The molecule has 74 valence electrons. The van der Waals surface area contributed by atoms with Crippen LogP contribution < -0.4 is 0 Å². The van der Waals surface area contributed by atoms with E-state index in [1.165, 1.54) is 6.42 Å². The topological polar surface area (TPSA) is 27.0 Å². The van der Waals surface area contributed by atoms with Crippen molar-refractivity contribution in [2.24, 2.45) is 0 Å². The van der Waals surface area contributed by atoms with Gasteiger partial charge in [0.1, 0.15) is 4.32 Å². The van der Waals surface area contributed by atoms with Gasteiger partial charge in [-0.2, -0.15) is 5.26 Å². The zero-order chi connectivity index (χ0) is 10.1. The molecule has 0 fully saturated rings. The van der Waals surface area contributed by atoms with Crippen molar-refractivity contribution in [3.05, 3.63) is 0 Å². The third-order valence-corrected chi connectivity index (χ3v) is 3.07. The van der Waals surface area contributed by atoms with Crippen molar-refractivity contribution in [3.63, 3.8) is 0 Å². The second-order valence-corrected chi connectivity index (χ2v) is 4.16. The Morgan fingerprint density at radius 2 is 2.23 bits per heavy atom. The van der Waals surface area contributed by atoms with E-state index in [9.17, 15) is 0 Å². The molecule has 0 saturated heterocycles. The van der Waals surface area contributed by atoms with E-state index in [1.807, 2.05) is 6.26 Å². The SMILES string of the molecule is CCCCN(CCC#N)C(=S)SC. The predicted octanol–water partition coefficient (Wildman–Crippen LogP) is 2.65. The number of hydrogen-bond donors (Lipinski definition) is 0. The van der Waals surface area contributed by atoms with Crippen molar-refractivity contribution in [1.29, 1.82) is 5.26 Å². The van der Waals surface area contributed by atoms with Crippen LogP contribution in [0, 0.1) is 11.3 Å². The zero-order valence-electron chi connectivity index (χ0n) is 8.25. The molecule has 0 heterocycles. The summed E-state index contributed by atoms with van der Waals surface area (Å²) < 4.78 is 0.906. The Hall–Kier alpha value is -0.270. The highest BCUT2D eigenvalue weighted by Crippen LogP contribution is 2.07. The van der Waals surface area contributed by atoms with E-state index in [1.54, 1.807) is 11.8 Å². The van der Waals surface area contributed by atoms with Gasteiger partial charge in [0.05, 0.1) is 12.5 Å². The van der Waals surface area contributed by atoms with E-state index in [2.05, 4.69) is 17.9 Å². The maximum Gasteiger partial charge on any atom is 0.136 e. The second kappa shape index (κ2) is 8.33. The van der Waals surface area contributed by atoms with Gasteiger partial charge >= 0.3 is 0 Å². The molecule has 0 atom stereocenters. The van der Waals surface area contributed by atoms with Gasteiger partial charge in [0.2, 0.25) is 0 Å². The monoisotopic (exact) mass is 216 g/mol. The maximum absolute atomic E-state index is 8.47. The minimum absolute atomic E-state index is 0.560. The van der Waals surface area contributed by atoms with Crippen molar-refractivity contribution in [2.45, 2.75) is 26.2 Å². The molecule has 2 nitrogen and oxygen atoms in total. The van der Waals surface area contributed by atoms with Crippen LogP contribution in [0.1, 0.15) is 26.2 Å². The molecule has 0 radical (unpaired) electrons. The average Bonchev–Trinajstić information content (AvgIpc) is 2.17. The van der Waals surface area contributed by atoms with Gasteiger partial charge in [-0.15, -0.1) is 11.8 Å². The lowest BCUT2D eigenvalue weighted by molar-refractivity contribution is 0.429. The summed E-state index contributed by atoms with van der Waals surface area (Å²) in [6.45, 7) is 3.92. The Morgan fingerprint density at radius 1 is 1.54 bits per heavy atom. The van der Waals surface area contributed by atoms with Gasteiger partial charge in [-0.3, -0.25) is 0 Å². The van der Waals surface area contributed by atoms with Crippen LogP contribution in [0.25, 0.3) is 0 Å². The van der Waals surface area contributed by atoms with Crippen LogP contribution >= 0.6 is 24.0 Å². The summed E-state index contributed by atoms with van der Waals surface area (Å²) >= 11 is 6.76. The van der Waals surface area contributed by atoms with Crippen LogP contribution in [0.2, 0.25) is 0 Å². The van der Waals surface area contributed by atoms with Gasteiger partial charge in [-0.05, 0) is 12.7 Å². The Kier molecular flexibility index (Phi) is 8.16. The van der Waals surface area contributed by atoms with Gasteiger partial charge < -0.3 is 4.90 Å². The summed E-state index contributed by atoms with van der Waals surface area (Å²) in [5, 5.41) is 8.47. The predicted molar refractivity (Wildman–Crippen MR) is 62.8 cm³/mol. The molecule has 0 unspecified atom stereocenters. The van der Waals surface area contributed by atoms with Crippen LogP contribution in [0.4, 0.5) is 0 Å². The smallest absolute Gasteiger partial charge is 0.136 e. The molecule has 0 N–H and O–H groups in total. The van der Waals surface area contributed by atoms with Crippen molar-refractivity contribution >= 4 is 28.3 Å². The fraction of sp³-hybridized carbons (Fsp3) is 0.778. The molecule has 0 saturated carbocycles. The van der Waals surface area contributed by atoms with Gasteiger partial charge in [0, 0.05) is 13.1 Å². The molecule has 0 aromatic rings. The third kappa shape index (κ3) is 5.89.